The molecule has 0 bridgehead atoms. The number of para-hydroxylation sites is 2. The van der Waals surface area contributed by atoms with Gasteiger partial charge in [0.05, 0.1) is 21.9 Å². The molecule has 7 rings (SSSR count). The minimum absolute atomic E-state index is 0.123. The highest BCUT2D eigenvalue weighted by Crippen LogP contribution is 2.43. The number of hydrogen-bond donors (Lipinski definition) is 1. The standard InChI is InChI=1S/C41H41FN4O2SSi/c1-25-18-19-35-29(22-25)30(24-46(35)50(6,7)41(3,4)5)32-15-11-16-33(43-32)40(48)45-21-20-27-23-36(49-38(27)28-13-8-9-17-34(28)45)39(47)44-37-26(2)12-10-14-31(37)42/h8-19,22-24H,20-21H2,1-7H3,(H,44,47). The van der Waals surface area contributed by atoms with E-state index < -0.39 is 14.1 Å². The predicted molar refractivity (Wildman–Crippen MR) is 207 cm³/mol. The number of benzene rings is 3. The molecule has 1 N–H and O–H groups in total. The van der Waals surface area contributed by atoms with Gasteiger partial charge in [0, 0.05) is 39.6 Å². The van der Waals surface area contributed by atoms with E-state index in [0.29, 0.717) is 29.1 Å². The molecule has 2 amide bonds. The Morgan fingerprint density at radius 1 is 0.920 bits per heavy atom. The van der Waals surface area contributed by atoms with Gasteiger partial charge < -0.3 is 14.4 Å². The quantitative estimate of drug-likeness (QED) is 0.182. The first kappa shape index (κ1) is 33.6. The van der Waals surface area contributed by atoms with Crippen LogP contribution in [0.3, 0.4) is 0 Å². The van der Waals surface area contributed by atoms with Gasteiger partial charge in [0.15, 0.2) is 8.24 Å². The molecule has 0 saturated carbocycles. The van der Waals surface area contributed by atoms with Crippen molar-refractivity contribution in [3.63, 3.8) is 0 Å². The van der Waals surface area contributed by atoms with Crippen LogP contribution in [0.1, 0.15) is 57.6 Å². The first-order chi connectivity index (χ1) is 23.7. The second kappa shape index (κ2) is 12.5. The number of amides is 2. The zero-order chi connectivity index (χ0) is 35.5. The SMILES string of the molecule is Cc1ccc2c(c1)c(-c1cccc(C(=O)N3CCc4cc(C(=O)Nc5c(C)cccc5F)sc4-c4ccccc43)n1)cn2[Si](C)(C)C(C)(C)C. The van der Waals surface area contributed by atoms with Crippen LogP contribution in [0.15, 0.2) is 91.1 Å². The summed E-state index contributed by atoms with van der Waals surface area (Å²) in [7, 11) is -1.97. The van der Waals surface area contributed by atoms with Gasteiger partial charge in [-0.25, -0.2) is 9.37 Å². The molecule has 0 radical (unpaired) electrons. The maximum atomic E-state index is 14.5. The number of anilines is 2. The number of thiophene rings is 1. The Labute approximate surface area is 297 Å². The van der Waals surface area contributed by atoms with E-state index in [1.54, 1.807) is 30.0 Å². The number of nitrogens with zero attached hydrogens (tertiary/aromatic N) is 3. The first-order valence-corrected chi connectivity index (χ1v) is 20.7. The van der Waals surface area contributed by atoms with Crippen molar-refractivity contribution in [2.24, 2.45) is 0 Å². The van der Waals surface area contributed by atoms with Crippen LogP contribution in [0.25, 0.3) is 32.6 Å². The zero-order valence-electron chi connectivity index (χ0n) is 29.5. The smallest absolute Gasteiger partial charge is 0.276 e. The van der Waals surface area contributed by atoms with Crippen molar-refractivity contribution in [3.05, 3.63) is 124 Å². The molecule has 6 aromatic rings. The van der Waals surface area contributed by atoms with E-state index in [4.69, 9.17) is 4.98 Å². The summed E-state index contributed by atoms with van der Waals surface area (Å²) in [5.74, 6) is -0.996. The zero-order valence-corrected chi connectivity index (χ0v) is 31.3. The van der Waals surface area contributed by atoms with Crippen LogP contribution in [0.5, 0.6) is 0 Å². The van der Waals surface area contributed by atoms with Crippen LogP contribution in [0.4, 0.5) is 15.8 Å². The van der Waals surface area contributed by atoms with Crippen molar-refractivity contribution in [1.82, 2.24) is 9.22 Å². The third-order valence-corrected chi connectivity index (χ3v) is 16.9. The number of aromatic nitrogens is 2. The number of fused-ring (bicyclic) bond motifs is 4. The van der Waals surface area contributed by atoms with Crippen LogP contribution in [0.2, 0.25) is 18.1 Å². The minimum atomic E-state index is -1.97. The Morgan fingerprint density at radius 2 is 1.68 bits per heavy atom. The number of carbonyl (C=O) groups is 2. The van der Waals surface area contributed by atoms with Gasteiger partial charge in [0.2, 0.25) is 0 Å². The summed E-state index contributed by atoms with van der Waals surface area (Å²) in [4.78, 5) is 36.0. The van der Waals surface area contributed by atoms with E-state index in [0.717, 1.165) is 38.3 Å². The second-order valence-corrected chi connectivity index (χ2v) is 20.9. The maximum absolute atomic E-state index is 14.5. The molecule has 0 aliphatic carbocycles. The van der Waals surface area contributed by atoms with Crippen molar-refractivity contribution in [1.29, 1.82) is 0 Å². The Kier molecular flexibility index (Phi) is 8.39. The molecular formula is C41H41FN4O2SSi. The maximum Gasteiger partial charge on any atom is 0.276 e. The number of nitrogens with one attached hydrogen (secondary N) is 1. The van der Waals surface area contributed by atoms with Crippen molar-refractivity contribution >= 4 is 53.7 Å². The molecule has 0 unspecified atom stereocenters. The van der Waals surface area contributed by atoms with Crippen LogP contribution in [0, 0.1) is 19.7 Å². The average molecular weight is 701 g/mol. The van der Waals surface area contributed by atoms with Crippen molar-refractivity contribution in [3.8, 4) is 21.7 Å². The molecule has 9 heteroatoms. The lowest BCUT2D eigenvalue weighted by atomic mass is 10.1. The topological polar surface area (TPSA) is 67.2 Å². The van der Waals surface area contributed by atoms with Gasteiger partial charge in [0.25, 0.3) is 11.8 Å². The summed E-state index contributed by atoms with van der Waals surface area (Å²) in [6.07, 6.45) is 2.80. The van der Waals surface area contributed by atoms with E-state index in [-0.39, 0.29) is 22.5 Å². The average Bonchev–Trinajstić information content (AvgIpc) is 3.64. The summed E-state index contributed by atoms with van der Waals surface area (Å²) in [6.45, 7) is 16.0. The van der Waals surface area contributed by atoms with Crippen molar-refractivity contribution < 1.29 is 14.0 Å². The number of halogens is 1. The fraction of sp³-hybridized carbons (Fsp3) is 0.244. The highest BCUT2D eigenvalue weighted by atomic mass is 32.1. The third-order valence-electron chi connectivity index (χ3n) is 10.4. The Bertz CT molecular complexity index is 2300. The van der Waals surface area contributed by atoms with Crippen molar-refractivity contribution in [2.45, 2.75) is 59.2 Å². The van der Waals surface area contributed by atoms with Crippen LogP contribution >= 0.6 is 11.3 Å². The number of carbonyl (C=O) groups excluding carboxylic acids is 2. The first-order valence-electron chi connectivity index (χ1n) is 16.9. The molecule has 3 aromatic carbocycles. The van der Waals surface area contributed by atoms with Gasteiger partial charge >= 0.3 is 0 Å². The summed E-state index contributed by atoms with van der Waals surface area (Å²) >= 11 is 1.36. The molecule has 0 fully saturated rings. The van der Waals surface area contributed by atoms with Crippen LogP contribution in [-0.2, 0) is 6.42 Å². The second-order valence-electron chi connectivity index (χ2n) is 14.7. The van der Waals surface area contributed by atoms with E-state index in [9.17, 15) is 14.0 Å². The monoisotopic (exact) mass is 700 g/mol. The molecular weight excluding hydrogens is 660 g/mol. The minimum Gasteiger partial charge on any atom is -0.373 e. The molecule has 0 saturated heterocycles. The van der Waals surface area contributed by atoms with Crippen molar-refractivity contribution in [2.75, 3.05) is 16.8 Å². The summed E-state index contributed by atoms with van der Waals surface area (Å²) in [6, 6.07) is 26.7. The molecule has 0 atom stereocenters. The summed E-state index contributed by atoms with van der Waals surface area (Å²) in [5, 5.41) is 4.03. The van der Waals surface area contributed by atoms with Gasteiger partial charge in [0.1, 0.15) is 11.5 Å². The highest BCUT2D eigenvalue weighted by molar-refractivity contribution is 7.17. The number of pyridine rings is 1. The largest absolute Gasteiger partial charge is 0.373 e. The number of rotatable bonds is 5. The van der Waals surface area contributed by atoms with E-state index in [2.05, 4.69) is 74.7 Å². The van der Waals surface area contributed by atoms with E-state index in [1.807, 2.05) is 42.5 Å². The molecule has 0 spiro atoms. The molecule has 1 aliphatic rings. The normalized spacial score (nSPS) is 13.2. The van der Waals surface area contributed by atoms with Gasteiger partial charge in [-0.1, -0.05) is 81.9 Å². The molecule has 4 heterocycles. The molecule has 3 aromatic heterocycles. The van der Waals surface area contributed by atoms with Gasteiger partial charge in [-0.3, -0.25) is 9.59 Å². The lowest BCUT2D eigenvalue weighted by Gasteiger charge is -2.38. The van der Waals surface area contributed by atoms with Crippen LogP contribution < -0.4 is 10.2 Å². The number of aryl methyl sites for hydroxylation is 2. The lowest BCUT2D eigenvalue weighted by molar-refractivity contribution is 0.0981. The summed E-state index contributed by atoms with van der Waals surface area (Å²) in [5.41, 5.74) is 8.02. The Hall–Kier alpha value is -4.86. The lowest BCUT2D eigenvalue weighted by Crippen LogP contribution is -2.44. The van der Waals surface area contributed by atoms with Crippen LogP contribution in [-0.4, -0.2) is 35.8 Å². The molecule has 6 nitrogen and oxygen atoms in total. The Morgan fingerprint density at radius 3 is 2.44 bits per heavy atom. The fourth-order valence-electron chi connectivity index (χ4n) is 6.60. The third kappa shape index (κ3) is 5.78. The van der Waals surface area contributed by atoms with E-state index in [1.165, 1.54) is 28.5 Å². The summed E-state index contributed by atoms with van der Waals surface area (Å²) < 4.78 is 17.0. The molecule has 254 valence electrons. The number of hydrogen-bond acceptors (Lipinski definition) is 4. The van der Waals surface area contributed by atoms with E-state index >= 15 is 0 Å². The molecule has 1 aliphatic heterocycles. The molecule has 50 heavy (non-hydrogen) atoms. The fourth-order valence-corrected chi connectivity index (χ4v) is 9.71. The van der Waals surface area contributed by atoms with Gasteiger partial charge in [-0.2, -0.15) is 0 Å². The Balaban J connectivity index is 1.23. The van der Waals surface area contributed by atoms with Gasteiger partial charge in [-0.05, 0) is 78.9 Å². The highest BCUT2D eigenvalue weighted by Gasteiger charge is 2.39. The predicted octanol–water partition coefficient (Wildman–Crippen LogP) is 10.5. The van der Waals surface area contributed by atoms with Gasteiger partial charge in [-0.15, -0.1) is 11.3 Å².